The molecule has 2 rings (SSSR count). The molecule has 0 aliphatic heterocycles. The molecule has 16 heavy (non-hydrogen) atoms. The van der Waals surface area contributed by atoms with Gasteiger partial charge < -0.3 is 14.9 Å². The minimum absolute atomic E-state index is 0.251. The van der Waals surface area contributed by atoms with Crippen molar-refractivity contribution < 1.29 is 13.9 Å². The molecule has 1 aromatic heterocycles. The van der Waals surface area contributed by atoms with Crippen molar-refractivity contribution in [1.82, 2.24) is 10.2 Å². The van der Waals surface area contributed by atoms with Crippen LogP contribution >= 0.6 is 11.6 Å². The molecule has 7 heteroatoms. The standard InChI is InChI=1S/C9H6ClN3O3/c10-7-3-5(16-9(11)14)1-2-6(7)8-13-12-4-15-8/h1-4H,(H2,11,14). The summed E-state index contributed by atoms with van der Waals surface area (Å²) in [7, 11) is 0. The first-order chi connectivity index (χ1) is 7.66. The van der Waals surface area contributed by atoms with Crippen LogP contribution in [0.1, 0.15) is 0 Å². The van der Waals surface area contributed by atoms with Gasteiger partial charge >= 0.3 is 6.09 Å². The minimum Gasteiger partial charge on any atom is -0.423 e. The molecule has 2 N–H and O–H groups in total. The highest BCUT2D eigenvalue weighted by molar-refractivity contribution is 6.33. The Balaban J connectivity index is 2.34. The molecule has 1 amide bonds. The molecule has 82 valence electrons. The fourth-order valence-electron chi connectivity index (χ4n) is 1.14. The lowest BCUT2D eigenvalue weighted by molar-refractivity contribution is 0.211. The molecule has 0 radical (unpaired) electrons. The molecule has 0 spiro atoms. The van der Waals surface area contributed by atoms with E-state index < -0.39 is 6.09 Å². The van der Waals surface area contributed by atoms with Crippen LogP contribution in [0.4, 0.5) is 4.79 Å². The summed E-state index contributed by atoms with van der Waals surface area (Å²) in [5, 5.41) is 7.56. The van der Waals surface area contributed by atoms with E-state index in [4.69, 9.17) is 21.8 Å². The van der Waals surface area contributed by atoms with E-state index in [1.54, 1.807) is 6.07 Å². The smallest absolute Gasteiger partial charge is 0.409 e. The van der Waals surface area contributed by atoms with Crippen LogP contribution in [0.5, 0.6) is 5.75 Å². The highest BCUT2D eigenvalue weighted by Gasteiger charge is 2.10. The summed E-state index contributed by atoms with van der Waals surface area (Å²) in [6.07, 6.45) is 0.293. The summed E-state index contributed by atoms with van der Waals surface area (Å²) in [4.78, 5) is 10.5. The molecular formula is C9H6ClN3O3. The number of nitrogens with zero attached hydrogens (tertiary/aromatic N) is 2. The number of primary amides is 1. The van der Waals surface area contributed by atoms with Crippen LogP contribution in [0, 0.1) is 0 Å². The maximum Gasteiger partial charge on any atom is 0.409 e. The molecule has 0 aliphatic rings. The van der Waals surface area contributed by atoms with Crippen molar-refractivity contribution in [2.24, 2.45) is 5.73 Å². The Labute approximate surface area is 95.0 Å². The highest BCUT2D eigenvalue weighted by Crippen LogP contribution is 2.29. The first-order valence-corrected chi connectivity index (χ1v) is 4.58. The van der Waals surface area contributed by atoms with Gasteiger partial charge in [0.05, 0.1) is 10.6 Å². The SMILES string of the molecule is NC(=O)Oc1ccc(-c2nnco2)c(Cl)c1. The van der Waals surface area contributed by atoms with Crippen LogP contribution in [-0.4, -0.2) is 16.3 Å². The zero-order valence-electron chi connectivity index (χ0n) is 7.88. The highest BCUT2D eigenvalue weighted by atomic mass is 35.5. The number of benzene rings is 1. The Morgan fingerprint density at radius 2 is 2.31 bits per heavy atom. The molecule has 2 aromatic rings. The lowest BCUT2D eigenvalue weighted by atomic mass is 10.2. The number of hydrogen-bond acceptors (Lipinski definition) is 5. The Bertz CT molecular complexity index is 513. The molecule has 0 unspecified atom stereocenters. The third-order valence-electron chi connectivity index (χ3n) is 1.75. The number of carbonyl (C=O) groups is 1. The van der Waals surface area contributed by atoms with Gasteiger partial charge in [0.25, 0.3) is 0 Å². The van der Waals surface area contributed by atoms with Crippen molar-refractivity contribution in [2.75, 3.05) is 0 Å². The Kier molecular flexibility index (Phi) is 2.74. The third kappa shape index (κ3) is 2.12. The summed E-state index contributed by atoms with van der Waals surface area (Å²) in [6, 6.07) is 4.55. The van der Waals surface area contributed by atoms with Gasteiger partial charge in [-0.05, 0) is 12.1 Å². The zero-order valence-corrected chi connectivity index (χ0v) is 8.64. The first kappa shape index (κ1) is 10.4. The Hall–Kier alpha value is -2.08. The summed E-state index contributed by atoms with van der Waals surface area (Å²) in [5.74, 6) is 0.538. The van der Waals surface area contributed by atoms with Gasteiger partial charge in [0.2, 0.25) is 12.3 Å². The molecule has 0 saturated carbocycles. The van der Waals surface area contributed by atoms with Crippen LogP contribution in [0.15, 0.2) is 29.0 Å². The van der Waals surface area contributed by atoms with E-state index in [9.17, 15) is 4.79 Å². The third-order valence-corrected chi connectivity index (χ3v) is 2.06. The first-order valence-electron chi connectivity index (χ1n) is 4.20. The van der Waals surface area contributed by atoms with Crippen molar-refractivity contribution >= 4 is 17.7 Å². The van der Waals surface area contributed by atoms with E-state index in [1.807, 2.05) is 0 Å². The van der Waals surface area contributed by atoms with Gasteiger partial charge in [0, 0.05) is 6.07 Å². The Morgan fingerprint density at radius 3 is 2.88 bits per heavy atom. The number of nitrogens with two attached hydrogens (primary N) is 1. The molecule has 0 fully saturated rings. The largest absolute Gasteiger partial charge is 0.423 e. The number of carbonyl (C=O) groups excluding carboxylic acids is 1. The van der Waals surface area contributed by atoms with Crippen molar-refractivity contribution in [3.05, 3.63) is 29.6 Å². The van der Waals surface area contributed by atoms with E-state index in [1.165, 1.54) is 18.5 Å². The second-order valence-electron chi connectivity index (χ2n) is 2.81. The average molecular weight is 240 g/mol. The molecule has 1 heterocycles. The van der Waals surface area contributed by atoms with Gasteiger partial charge in [-0.1, -0.05) is 11.6 Å². The molecule has 0 aliphatic carbocycles. The van der Waals surface area contributed by atoms with E-state index in [0.29, 0.717) is 10.6 Å². The minimum atomic E-state index is -0.901. The molecule has 0 atom stereocenters. The van der Waals surface area contributed by atoms with Gasteiger partial charge in [-0.15, -0.1) is 10.2 Å². The Morgan fingerprint density at radius 1 is 1.50 bits per heavy atom. The van der Waals surface area contributed by atoms with E-state index >= 15 is 0 Å². The quantitative estimate of drug-likeness (QED) is 0.863. The zero-order chi connectivity index (χ0) is 11.5. The van der Waals surface area contributed by atoms with Gasteiger partial charge in [-0.25, -0.2) is 4.79 Å². The molecule has 6 nitrogen and oxygen atoms in total. The average Bonchev–Trinajstić information content (AvgIpc) is 2.69. The lowest BCUT2D eigenvalue weighted by Gasteiger charge is -2.03. The molecule has 0 saturated heterocycles. The van der Waals surface area contributed by atoms with Gasteiger partial charge in [-0.3, -0.25) is 0 Å². The summed E-state index contributed by atoms with van der Waals surface area (Å²) in [5.41, 5.74) is 5.41. The van der Waals surface area contributed by atoms with Crippen molar-refractivity contribution in [3.8, 4) is 17.2 Å². The van der Waals surface area contributed by atoms with Crippen molar-refractivity contribution in [2.45, 2.75) is 0 Å². The number of hydrogen-bond donors (Lipinski definition) is 1. The second kappa shape index (κ2) is 4.19. The second-order valence-corrected chi connectivity index (χ2v) is 3.21. The van der Waals surface area contributed by atoms with Gasteiger partial charge in [0.15, 0.2) is 0 Å². The lowest BCUT2D eigenvalue weighted by Crippen LogP contribution is -2.16. The number of amides is 1. The number of aromatic nitrogens is 2. The van der Waals surface area contributed by atoms with Crippen LogP contribution in [0.25, 0.3) is 11.5 Å². The fourth-order valence-corrected chi connectivity index (χ4v) is 1.39. The molecule has 1 aromatic carbocycles. The van der Waals surface area contributed by atoms with Crippen LogP contribution < -0.4 is 10.5 Å². The molecule has 0 bridgehead atoms. The van der Waals surface area contributed by atoms with Crippen molar-refractivity contribution in [3.63, 3.8) is 0 Å². The summed E-state index contributed by atoms with van der Waals surface area (Å²) in [6.45, 7) is 0. The van der Waals surface area contributed by atoms with Crippen LogP contribution in [0.2, 0.25) is 5.02 Å². The predicted molar refractivity (Wildman–Crippen MR) is 55.0 cm³/mol. The molecular weight excluding hydrogens is 234 g/mol. The van der Waals surface area contributed by atoms with Crippen molar-refractivity contribution in [1.29, 1.82) is 0 Å². The van der Waals surface area contributed by atoms with E-state index in [2.05, 4.69) is 14.9 Å². The topological polar surface area (TPSA) is 91.2 Å². The number of rotatable bonds is 2. The predicted octanol–water partition coefficient (Wildman–Crippen LogP) is 1.85. The maximum absolute atomic E-state index is 10.5. The number of halogens is 1. The normalized spacial score (nSPS) is 10.1. The summed E-state index contributed by atoms with van der Waals surface area (Å²) >= 11 is 5.94. The van der Waals surface area contributed by atoms with E-state index in [-0.39, 0.29) is 11.6 Å². The maximum atomic E-state index is 10.5. The van der Waals surface area contributed by atoms with Crippen LogP contribution in [0.3, 0.4) is 0 Å². The fraction of sp³-hybridized carbons (Fsp3) is 0. The van der Waals surface area contributed by atoms with Gasteiger partial charge in [-0.2, -0.15) is 0 Å². The van der Waals surface area contributed by atoms with E-state index in [0.717, 1.165) is 0 Å². The monoisotopic (exact) mass is 239 g/mol. The van der Waals surface area contributed by atoms with Crippen LogP contribution in [-0.2, 0) is 0 Å². The number of ether oxygens (including phenoxy) is 1. The summed E-state index contributed by atoms with van der Waals surface area (Å²) < 4.78 is 9.64. The van der Waals surface area contributed by atoms with Gasteiger partial charge in [0.1, 0.15) is 5.75 Å².